The minimum absolute atomic E-state index is 0.0347. The first-order chi connectivity index (χ1) is 7.18. The summed E-state index contributed by atoms with van der Waals surface area (Å²) in [6.45, 7) is 1.18. The number of ether oxygens (including phenoxy) is 2. The molecule has 1 aliphatic heterocycles. The van der Waals surface area contributed by atoms with E-state index >= 15 is 0 Å². The fourth-order valence-electron chi connectivity index (χ4n) is 1.39. The minimum atomic E-state index is -0.0347. The first kappa shape index (κ1) is 10.1. The summed E-state index contributed by atoms with van der Waals surface area (Å²) < 4.78 is 10.9. The van der Waals surface area contributed by atoms with Gasteiger partial charge < -0.3 is 15.2 Å². The van der Waals surface area contributed by atoms with Gasteiger partial charge in [-0.3, -0.25) is 5.41 Å². The summed E-state index contributed by atoms with van der Waals surface area (Å²) in [6, 6.07) is 3.28. The van der Waals surface area contributed by atoms with E-state index in [0.717, 1.165) is 6.42 Å². The Kier molecular flexibility index (Phi) is 2.68. The van der Waals surface area contributed by atoms with E-state index in [1.807, 2.05) is 0 Å². The Balaban J connectivity index is 2.48. The second-order valence-electron chi connectivity index (χ2n) is 3.25. The maximum Gasteiger partial charge on any atom is 0.179 e. The summed E-state index contributed by atoms with van der Waals surface area (Å²) in [5.74, 6) is 1.07. The normalized spacial score (nSPS) is 14.5. The second-order valence-corrected chi connectivity index (χ2v) is 3.66. The van der Waals surface area contributed by atoms with E-state index in [2.05, 4.69) is 0 Å². The van der Waals surface area contributed by atoms with Gasteiger partial charge in [0.1, 0.15) is 5.84 Å². The largest absolute Gasteiger partial charge is 0.489 e. The van der Waals surface area contributed by atoms with Crippen LogP contribution in [0.4, 0.5) is 0 Å². The second kappa shape index (κ2) is 3.98. The fraction of sp³-hybridized carbons (Fsp3) is 0.300. The van der Waals surface area contributed by atoms with E-state index in [-0.39, 0.29) is 5.84 Å². The zero-order chi connectivity index (χ0) is 10.8. The van der Waals surface area contributed by atoms with Crippen molar-refractivity contribution in [2.75, 3.05) is 13.2 Å². The van der Waals surface area contributed by atoms with Gasteiger partial charge in [-0.25, -0.2) is 0 Å². The summed E-state index contributed by atoms with van der Waals surface area (Å²) in [5, 5.41) is 7.76. The summed E-state index contributed by atoms with van der Waals surface area (Å²) in [4.78, 5) is 0. The van der Waals surface area contributed by atoms with Gasteiger partial charge in [0.2, 0.25) is 0 Å². The molecule has 0 aliphatic carbocycles. The lowest BCUT2D eigenvalue weighted by atomic mass is 10.2. The van der Waals surface area contributed by atoms with E-state index < -0.39 is 0 Å². The van der Waals surface area contributed by atoms with Crippen molar-refractivity contribution < 1.29 is 9.47 Å². The summed E-state index contributed by atoms with van der Waals surface area (Å²) in [6.07, 6.45) is 0.820. The number of benzene rings is 1. The molecule has 5 heteroatoms. The first-order valence-corrected chi connectivity index (χ1v) is 5.00. The molecule has 1 aromatic rings. The number of hydrogen-bond donors (Lipinski definition) is 2. The van der Waals surface area contributed by atoms with Gasteiger partial charge in [-0.15, -0.1) is 0 Å². The molecule has 0 saturated carbocycles. The van der Waals surface area contributed by atoms with Gasteiger partial charge in [0.15, 0.2) is 11.5 Å². The van der Waals surface area contributed by atoms with Crippen molar-refractivity contribution in [2.24, 2.45) is 5.73 Å². The number of amidine groups is 1. The molecule has 3 N–H and O–H groups in total. The summed E-state index contributed by atoms with van der Waals surface area (Å²) >= 11 is 6.01. The minimum Gasteiger partial charge on any atom is -0.489 e. The highest BCUT2D eigenvalue weighted by molar-refractivity contribution is 6.32. The molecule has 0 unspecified atom stereocenters. The molecule has 0 fully saturated rings. The average molecular weight is 227 g/mol. The van der Waals surface area contributed by atoms with Crippen LogP contribution in [0.5, 0.6) is 11.5 Å². The van der Waals surface area contributed by atoms with E-state index in [1.54, 1.807) is 12.1 Å². The molecule has 0 atom stereocenters. The molecular formula is C10H11ClN2O2. The molecular weight excluding hydrogens is 216 g/mol. The van der Waals surface area contributed by atoms with Gasteiger partial charge in [-0.2, -0.15) is 0 Å². The van der Waals surface area contributed by atoms with Crippen LogP contribution < -0.4 is 15.2 Å². The van der Waals surface area contributed by atoms with Gasteiger partial charge in [-0.1, -0.05) is 11.6 Å². The number of hydrogen-bond acceptors (Lipinski definition) is 3. The maximum atomic E-state index is 7.33. The summed E-state index contributed by atoms with van der Waals surface area (Å²) in [7, 11) is 0. The van der Waals surface area contributed by atoms with Gasteiger partial charge in [0, 0.05) is 12.0 Å². The van der Waals surface area contributed by atoms with Crippen LogP contribution in [-0.2, 0) is 0 Å². The predicted octanol–water partition coefficient (Wildman–Crippen LogP) is 1.79. The van der Waals surface area contributed by atoms with Crippen molar-refractivity contribution in [3.63, 3.8) is 0 Å². The number of rotatable bonds is 1. The molecule has 1 aromatic carbocycles. The van der Waals surface area contributed by atoms with Crippen LogP contribution in [0.2, 0.25) is 5.02 Å². The zero-order valence-electron chi connectivity index (χ0n) is 8.05. The van der Waals surface area contributed by atoms with Crippen molar-refractivity contribution >= 4 is 17.4 Å². The van der Waals surface area contributed by atoms with Crippen LogP contribution in [0.25, 0.3) is 0 Å². The maximum absolute atomic E-state index is 7.33. The predicted molar refractivity (Wildman–Crippen MR) is 58.1 cm³/mol. The first-order valence-electron chi connectivity index (χ1n) is 4.62. The lowest BCUT2D eigenvalue weighted by Gasteiger charge is -2.10. The number of nitrogen functional groups attached to an aromatic ring is 1. The van der Waals surface area contributed by atoms with Crippen molar-refractivity contribution in [1.82, 2.24) is 0 Å². The molecule has 0 bridgehead atoms. The molecule has 0 amide bonds. The third kappa shape index (κ3) is 1.99. The standard InChI is InChI=1S/C10H11ClN2O2/c11-7-4-6(10(12)13)5-8-9(7)15-3-1-2-14-8/h4-5H,1-3H2,(H3,12,13). The molecule has 80 valence electrons. The number of nitrogens with one attached hydrogen (secondary N) is 1. The van der Waals surface area contributed by atoms with Gasteiger partial charge in [0.05, 0.1) is 18.2 Å². The van der Waals surface area contributed by atoms with Crippen molar-refractivity contribution in [1.29, 1.82) is 5.41 Å². The zero-order valence-corrected chi connectivity index (χ0v) is 8.80. The number of nitrogens with two attached hydrogens (primary N) is 1. The van der Waals surface area contributed by atoms with E-state index in [0.29, 0.717) is 35.3 Å². The molecule has 0 spiro atoms. The van der Waals surface area contributed by atoms with E-state index in [1.165, 1.54) is 0 Å². The lowest BCUT2D eigenvalue weighted by Crippen LogP contribution is -2.11. The van der Waals surface area contributed by atoms with Gasteiger partial charge in [-0.05, 0) is 12.1 Å². The smallest absolute Gasteiger partial charge is 0.179 e. The Labute approximate surface area is 92.4 Å². The Hall–Kier alpha value is -1.42. The monoisotopic (exact) mass is 226 g/mol. The topological polar surface area (TPSA) is 68.3 Å². The lowest BCUT2D eigenvalue weighted by molar-refractivity contribution is 0.297. The van der Waals surface area contributed by atoms with Crippen LogP contribution in [0.3, 0.4) is 0 Å². The Morgan fingerprint density at radius 1 is 1.33 bits per heavy atom. The van der Waals surface area contributed by atoms with Gasteiger partial charge >= 0.3 is 0 Å². The van der Waals surface area contributed by atoms with Gasteiger partial charge in [0.25, 0.3) is 0 Å². The molecule has 0 radical (unpaired) electrons. The van der Waals surface area contributed by atoms with Crippen LogP contribution in [0, 0.1) is 5.41 Å². The highest BCUT2D eigenvalue weighted by Crippen LogP contribution is 2.37. The highest BCUT2D eigenvalue weighted by Gasteiger charge is 2.16. The number of halogens is 1. The third-order valence-corrected chi connectivity index (χ3v) is 2.39. The van der Waals surface area contributed by atoms with E-state index in [4.69, 9.17) is 32.2 Å². The van der Waals surface area contributed by atoms with Crippen molar-refractivity contribution in [2.45, 2.75) is 6.42 Å². The highest BCUT2D eigenvalue weighted by atomic mass is 35.5. The Bertz CT molecular complexity index is 407. The summed E-state index contributed by atoms with van der Waals surface area (Å²) in [5.41, 5.74) is 5.93. The van der Waals surface area contributed by atoms with E-state index in [9.17, 15) is 0 Å². The van der Waals surface area contributed by atoms with Crippen molar-refractivity contribution in [3.8, 4) is 11.5 Å². The molecule has 15 heavy (non-hydrogen) atoms. The Morgan fingerprint density at radius 2 is 2.07 bits per heavy atom. The number of fused-ring (bicyclic) bond motifs is 1. The molecule has 0 saturated heterocycles. The molecule has 1 heterocycles. The molecule has 4 nitrogen and oxygen atoms in total. The fourth-order valence-corrected chi connectivity index (χ4v) is 1.65. The molecule has 0 aromatic heterocycles. The molecule has 1 aliphatic rings. The van der Waals surface area contributed by atoms with Crippen LogP contribution >= 0.6 is 11.6 Å². The third-order valence-electron chi connectivity index (χ3n) is 2.11. The van der Waals surface area contributed by atoms with Crippen LogP contribution in [-0.4, -0.2) is 19.0 Å². The van der Waals surface area contributed by atoms with Crippen LogP contribution in [0.1, 0.15) is 12.0 Å². The van der Waals surface area contributed by atoms with Crippen molar-refractivity contribution in [3.05, 3.63) is 22.7 Å². The van der Waals surface area contributed by atoms with Crippen LogP contribution in [0.15, 0.2) is 12.1 Å². The average Bonchev–Trinajstić information content (AvgIpc) is 2.42. The SMILES string of the molecule is N=C(N)c1cc(Cl)c2c(c1)OCCCO2. The Morgan fingerprint density at radius 3 is 2.80 bits per heavy atom. The molecule has 2 rings (SSSR count). The quantitative estimate of drug-likeness (QED) is 0.567.